The molecule has 4 nitrogen and oxygen atoms in total. The van der Waals surface area contributed by atoms with Crippen LogP contribution in [0.5, 0.6) is 0 Å². The third kappa shape index (κ3) is 7.44. The topological polar surface area (TPSA) is 36.9 Å². The first-order valence-electron chi connectivity index (χ1n) is 8.59. The van der Waals surface area contributed by atoms with Crippen molar-refractivity contribution in [2.75, 3.05) is 6.61 Å². The van der Waals surface area contributed by atoms with Crippen molar-refractivity contribution >= 4 is 39.2 Å². The lowest BCUT2D eigenvalue weighted by Gasteiger charge is -2.43. The summed E-state index contributed by atoms with van der Waals surface area (Å²) in [4.78, 5) is 0. The van der Waals surface area contributed by atoms with Gasteiger partial charge in [-0.3, -0.25) is 0 Å². The lowest BCUT2D eigenvalue weighted by atomic mass is 10.4. The molecule has 24 heavy (non-hydrogen) atoms. The van der Waals surface area contributed by atoms with Gasteiger partial charge in [0.15, 0.2) is 16.6 Å². The van der Waals surface area contributed by atoms with E-state index in [1.165, 1.54) is 0 Å². The molecule has 0 spiro atoms. The van der Waals surface area contributed by atoms with Gasteiger partial charge in [0.2, 0.25) is 0 Å². The number of hydrogen-bond acceptors (Lipinski definition) is 4. The van der Waals surface area contributed by atoms with E-state index in [4.69, 9.17) is 16.8 Å². The van der Waals surface area contributed by atoms with Crippen LogP contribution < -0.4 is 5.19 Å². The summed E-state index contributed by atoms with van der Waals surface area (Å²) in [6.45, 7) is 19.9. The van der Waals surface area contributed by atoms with Crippen molar-refractivity contribution in [1.82, 2.24) is 0 Å². The molecule has 0 unspecified atom stereocenters. The van der Waals surface area contributed by atoms with Gasteiger partial charge in [-0.1, -0.05) is 30.3 Å². The molecule has 0 heterocycles. The third-order valence-corrected chi connectivity index (χ3v) is 15.0. The highest BCUT2D eigenvalue weighted by Crippen LogP contribution is 2.26. The molecule has 8 heteroatoms. The molecule has 1 aromatic rings. The molecule has 1 rings (SSSR count). The molecule has 1 aromatic carbocycles. The van der Waals surface area contributed by atoms with E-state index in [2.05, 4.69) is 64.5 Å². The minimum absolute atomic E-state index is 0.637. The van der Waals surface area contributed by atoms with Gasteiger partial charge < -0.3 is 16.8 Å². The Bertz CT molecular complexity index is 493. The second kappa shape index (κ2) is 8.08. The fraction of sp³-hybridized carbons (Fsp3) is 0.625. The van der Waals surface area contributed by atoms with Gasteiger partial charge in [0, 0.05) is 11.8 Å². The van der Waals surface area contributed by atoms with E-state index in [0.29, 0.717) is 6.61 Å². The quantitative estimate of drug-likeness (QED) is 0.577. The van der Waals surface area contributed by atoms with E-state index >= 15 is 0 Å². The minimum Gasteiger partial charge on any atom is -0.414 e. The number of hydrogen-bond donors (Lipinski definition) is 0. The Hall–Kier alpha value is -0.0725. The largest absolute Gasteiger partial charge is 0.507 e. The van der Waals surface area contributed by atoms with Gasteiger partial charge in [0.05, 0.1) is 0 Å². The number of rotatable bonds is 9. The lowest BCUT2D eigenvalue weighted by molar-refractivity contribution is 0.203. The SMILES string of the molecule is CCO[Si](C)(C)O[Si](O[Si](C)(C)C)(O[Si](C)(C)C)c1ccccc1. The molecule has 0 saturated carbocycles. The van der Waals surface area contributed by atoms with Crippen LogP contribution in [0.1, 0.15) is 6.92 Å². The van der Waals surface area contributed by atoms with Crippen molar-refractivity contribution < 1.29 is 16.8 Å². The summed E-state index contributed by atoms with van der Waals surface area (Å²) in [6, 6.07) is 10.2. The zero-order valence-electron chi connectivity index (χ0n) is 16.7. The molecule has 0 aliphatic heterocycles. The molecule has 0 bridgehead atoms. The van der Waals surface area contributed by atoms with Crippen LogP contribution in [0.4, 0.5) is 0 Å². The molecular formula is C16H34O4Si4. The van der Waals surface area contributed by atoms with Crippen molar-refractivity contribution in [2.45, 2.75) is 59.3 Å². The van der Waals surface area contributed by atoms with Gasteiger partial charge >= 0.3 is 17.4 Å². The second-order valence-corrected chi connectivity index (χ2v) is 24.0. The predicted molar refractivity (Wildman–Crippen MR) is 111 cm³/mol. The van der Waals surface area contributed by atoms with Crippen molar-refractivity contribution in [3.8, 4) is 0 Å². The smallest absolute Gasteiger partial charge is 0.414 e. The van der Waals surface area contributed by atoms with Gasteiger partial charge in [0.25, 0.3) is 0 Å². The van der Waals surface area contributed by atoms with Crippen LogP contribution in [-0.2, 0) is 16.8 Å². The first-order valence-corrected chi connectivity index (χ1v) is 19.9. The third-order valence-electron chi connectivity index (χ3n) is 2.88. The maximum atomic E-state index is 6.69. The first-order chi connectivity index (χ1) is 10.8. The Morgan fingerprint density at radius 3 is 1.54 bits per heavy atom. The zero-order valence-corrected chi connectivity index (χ0v) is 20.7. The van der Waals surface area contributed by atoms with Crippen LogP contribution in [0.15, 0.2) is 30.3 Å². The van der Waals surface area contributed by atoms with Crippen LogP contribution in [0.3, 0.4) is 0 Å². The highest BCUT2D eigenvalue weighted by molar-refractivity contribution is 6.95. The van der Waals surface area contributed by atoms with Crippen molar-refractivity contribution in [1.29, 1.82) is 0 Å². The summed E-state index contributed by atoms with van der Waals surface area (Å²) in [5, 5.41) is 1.04. The molecule has 0 atom stereocenters. The average Bonchev–Trinajstić information content (AvgIpc) is 2.34. The second-order valence-electron chi connectivity index (χ2n) is 8.29. The molecule has 0 radical (unpaired) electrons. The van der Waals surface area contributed by atoms with Gasteiger partial charge in [-0.2, -0.15) is 0 Å². The Kier molecular flexibility index (Phi) is 7.40. The fourth-order valence-corrected chi connectivity index (χ4v) is 16.0. The standard InChI is InChI=1S/C16H34O4Si4/c1-10-17-23(8,9)20-24(18-21(2,3)4,19-22(5,6)7)16-14-12-11-13-15-16/h11-15H,10H2,1-9H3. The van der Waals surface area contributed by atoms with Gasteiger partial charge in [-0.25, -0.2) is 0 Å². The number of benzene rings is 1. The van der Waals surface area contributed by atoms with Gasteiger partial charge in [-0.05, 0) is 59.3 Å². The zero-order chi connectivity index (χ0) is 18.6. The summed E-state index contributed by atoms with van der Waals surface area (Å²) in [6.07, 6.45) is 0. The van der Waals surface area contributed by atoms with Crippen LogP contribution in [0.25, 0.3) is 0 Å². The Morgan fingerprint density at radius 1 is 0.708 bits per heavy atom. The van der Waals surface area contributed by atoms with E-state index < -0.39 is 34.0 Å². The molecule has 0 fully saturated rings. The van der Waals surface area contributed by atoms with E-state index in [1.54, 1.807) is 0 Å². The van der Waals surface area contributed by atoms with E-state index in [0.717, 1.165) is 5.19 Å². The van der Waals surface area contributed by atoms with Gasteiger partial charge in [-0.15, -0.1) is 0 Å². The first kappa shape index (κ1) is 22.0. The summed E-state index contributed by atoms with van der Waals surface area (Å²) >= 11 is 0. The van der Waals surface area contributed by atoms with Crippen LogP contribution in [0, 0.1) is 0 Å². The highest BCUT2D eigenvalue weighted by Gasteiger charge is 2.53. The van der Waals surface area contributed by atoms with Crippen molar-refractivity contribution in [2.24, 2.45) is 0 Å². The summed E-state index contributed by atoms with van der Waals surface area (Å²) < 4.78 is 26.0. The van der Waals surface area contributed by atoms with E-state index in [-0.39, 0.29) is 0 Å². The molecule has 138 valence electrons. The molecule has 0 aliphatic carbocycles. The average molecular weight is 403 g/mol. The fourth-order valence-electron chi connectivity index (χ4n) is 2.39. The normalized spacial score (nSPS) is 14.0. The van der Waals surface area contributed by atoms with E-state index in [1.807, 2.05) is 25.1 Å². The Balaban J connectivity index is 3.43. The van der Waals surface area contributed by atoms with Crippen LogP contribution in [0.2, 0.25) is 52.4 Å². The summed E-state index contributed by atoms with van der Waals surface area (Å²) in [5.74, 6) is 0. The van der Waals surface area contributed by atoms with Gasteiger partial charge in [0.1, 0.15) is 0 Å². The minimum atomic E-state index is -3.05. The predicted octanol–water partition coefficient (Wildman–Crippen LogP) is 4.29. The van der Waals surface area contributed by atoms with Crippen LogP contribution in [-0.4, -0.2) is 40.6 Å². The molecular weight excluding hydrogens is 369 g/mol. The summed E-state index contributed by atoms with van der Waals surface area (Å²) in [5.41, 5.74) is 0. The molecule has 0 saturated heterocycles. The molecule has 0 aromatic heterocycles. The molecule has 0 N–H and O–H groups in total. The summed E-state index contributed by atoms with van der Waals surface area (Å²) in [7, 11) is -9.21. The van der Waals surface area contributed by atoms with Crippen LogP contribution >= 0.6 is 0 Å². The van der Waals surface area contributed by atoms with E-state index in [9.17, 15) is 0 Å². The Morgan fingerprint density at radius 2 is 1.17 bits per heavy atom. The maximum absolute atomic E-state index is 6.69. The molecule has 0 aliphatic rings. The lowest BCUT2D eigenvalue weighted by Crippen LogP contribution is -2.68. The Labute approximate surface area is 152 Å². The van der Waals surface area contributed by atoms with Crippen molar-refractivity contribution in [3.05, 3.63) is 30.3 Å². The maximum Gasteiger partial charge on any atom is 0.507 e. The monoisotopic (exact) mass is 402 g/mol. The van der Waals surface area contributed by atoms with Crippen molar-refractivity contribution in [3.63, 3.8) is 0 Å². The molecule has 0 amide bonds. The highest BCUT2D eigenvalue weighted by atomic mass is 28.5.